The average molecular weight is 473 g/mol. The average Bonchev–Trinajstić information content (AvgIpc) is 3.09. The third-order valence-electron chi connectivity index (χ3n) is 14.1. The van der Waals surface area contributed by atoms with Crippen molar-refractivity contribution in [3.05, 3.63) is 0 Å². The summed E-state index contributed by atoms with van der Waals surface area (Å²) in [5.41, 5.74) is 1.45. The van der Waals surface area contributed by atoms with Gasteiger partial charge in [-0.2, -0.15) is 0 Å². The van der Waals surface area contributed by atoms with Crippen LogP contribution in [-0.4, -0.2) is 22.3 Å². The highest BCUT2D eigenvalue weighted by Gasteiger charge is 2.70. The molecule has 0 spiro atoms. The number of aliphatic hydroxyl groups is 1. The molecule has 5 fully saturated rings. The van der Waals surface area contributed by atoms with Gasteiger partial charge in [-0.1, -0.05) is 48.5 Å². The Balaban J connectivity index is 1.50. The maximum Gasteiger partial charge on any atom is 0.303 e. The second kappa shape index (κ2) is 7.72. The smallest absolute Gasteiger partial charge is 0.303 e. The summed E-state index contributed by atoms with van der Waals surface area (Å²) in [4.78, 5) is 11.6. The van der Waals surface area contributed by atoms with Gasteiger partial charge < -0.3 is 10.2 Å². The predicted octanol–water partition coefficient (Wildman–Crippen LogP) is 7.56. The van der Waals surface area contributed by atoms with Crippen molar-refractivity contribution in [3.8, 4) is 0 Å². The van der Waals surface area contributed by atoms with Gasteiger partial charge in [0.25, 0.3) is 0 Å². The number of hydrogen-bond donors (Lipinski definition) is 2. The van der Waals surface area contributed by atoms with Crippen LogP contribution in [0.5, 0.6) is 0 Å². The van der Waals surface area contributed by atoms with Gasteiger partial charge in [0.15, 0.2) is 0 Å². The summed E-state index contributed by atoms with van der Waals surface area (Å²) < 4.78 is 0. The maximum atomic E-state index is 11.6. The third kappa shape index (κ3) is 3.13. The molecule has 0 aromatic heterocycles. The topological polar surface area (TPSA) is 57.5 Å². The van der Waals surface area contributed by atoms with E-state index in [0.29, 0.717) is 45.8 Å². The van der Waals surface area contributed by atoms with E-state index in [-0.39, 0.29) is 17.4 Å². The van der Waals surface area contributed by atoms with Crippen molar-refractivity contribution >= 4 is 5.97 Å². The highest BCUT2D eigenvalue weighted by atomic mass is 16.4. The van der Waals surface area contributed by atoms with Gasteiger partial charge in [-0.3, -0.25) is 4.79 Å². The van der Waals surface area contributed by atoms with Gasteiger partial charge in [0.05, 0.1) is 6.10 Å². The highest BCUT2D eigenvalue weighted by Crippen LogP contribution is 2.77. The Kier molecular flexibility index (Phi) is 5.70. The van der Waals surface area contributed by atoms with Crippen LogP contribution in [0.25, 0.3) is 0 Å². The van der Waals surface area contributed by atoms with E-state index < -0.39 is 5.97 Å². The van der Waals surface area contributed by atoms with E-state index in [4.69, 9.17) is 0 Å². The van der Waals surface area contributed by atoms with Gasteiger partial charge in [-0.05, 0) is 127 Å². The second-order valence-corrected chi connectivity index (χ2v) is 15.5. The van der Waals surface area contributed by atoms with Crippen LogP contribution in [0.15, 0.2) is 0 Å². The Morgan fingerprint density at radius 2 is 1.53 bits per heavy atom. The molecule has 0 aromatic rings. The van der Waals surface area contributed by atoms with Crippen molar-refractivity contribution in [2.45, 2.75) is 125 Å². The molecule has 0 saturated heterocycles. The first-order chi connectivity index (χ1) is 15.7. The molecule has 5 rings (SSSR count). The second-order valence-electron chi connectivity index (χ2n) is 15.5. The molecule has 0 heterocycles. The molecule has 0 radical (unpaired) electrons. The van der Waals surface area contributed by atoms with E-state index in [2.05, 4.69) is 48.5 Å². The van der Waals surface area contributed by atoms with Crippen molar-refractivity contribution in [3.63, 3.8) is 0 Å². The van der Waals surface area contributed by atoms with E-state index in [1.807, 2.05) is 0 Å². The molecular formula is C31H52O3. The Morgan fingerprint density at radius 3 is 2.21 bits per heavy atom. The van der Waals surface area contributed by atoms with Gasteiger partial charge in [0, 0.05) is 6.42 Å². The summed E-state index contributed by atoms with van der Waals surface area (Å²) in [7, 11) is 0. The first kappa shape index (κ1) is 25.1. The molecule has 5 aliphatic carbocycles. The van der Waals surface area contributed by atoms with Gasteiger partial charge >= 0.3 is 5.97 Å². The third-order valence-corrected chi connectivity index (χ3v) is 14.1. The number of carbonyl (C=O) groups is 1. The summed E-state index contributed by atoms with van der Waals surface area (Å²) in [5.74, 6) is 3.02. The summed E-state index contributed by atoms with van der Waals surface area (Å²) in [6, 6.07) is 0. The molecule has 0 aliphatic heterocycles. The van der Waals surface area contributed by atoms with Crippen LogP contribution >= 0.6 is 0 Å². The van der Waals surface area contributed by atoms with Gasteiger partial charge in [-0.25, -0.2) is 0 Å². The van der Waals surface area contributed by atoms with E-state index in [0.717, 1.165) is 18.3 Å². The quantitative estimate of drug-likeness (QED) is 0.445. The molecule has 194 valence electrons. The van der Waals surface area contributed by atoms with E-state index in [1.54, 1.807) is 0 Å². The lowest BCUT2D eigenvalue weighted by atomic mass is 9.32. The Labute approximate surface area is 208 Å². The molecule has 0 aromatic carbocycles. The van der Waals surface area contributed by atoms with Crippen molar-refractivity contribution in [2.75, 3.05) is 0 Å². The van der Waals surface area contributed by atoms with Crippen LogP contribution in [0.2, 0.25) is 0 Å². The fourth-order valence-corrected chi connectivity index (χ4v) is 12.1. The standard InChI is InChI=1S/C31H52O3/c1-19(18-25(33)34)20-10-13-28(4)16-17-30(6)21(26(20)28)8-9-23-29(5)14-12-24(32)27(2,3)22(29)11-15-31(23,30)7/h19-24,26,32H,8-18H2,1-7H3,(H,33,34)/t19-,20-,21+,22-,23+,24+,26+,28+,29-,30+,31+/m0/s1. The summed E-state index contributed by atoms with van der Waals surface area (Å²) in [5, 5.41) is 20.5. The molecule has 2 N–H and O–H groups in total. The normalized spacial score (nSPS) is 54.8. The molecule has 3 heteroatoms. The SMILES string of the molecule is C[C@@H](CC(=O)O)[C@@H]1CC[C@]2(C)CC[C@]3(C)[C@H](CC[C@@H]4[C@@]5(C)CC[C@@H](O)C(C)(C)[C@@H]5CC[C@]43C)[C@@H]12. The van der Waals surface area contributed by atoms with Crippen LogP contribution < -0.4 is 0 Å². The number of carboxylic acids is 1. The molecule has 11 atom stereocenters. The number of fused-ring (bicyclic) bond motifs is 7. The van der Waals surface area contributed by atoms with Gasteiger partial charge in [0.1, 0.15) is 0 Å². The number of hydrogen-bond acceptors (Lipinski definition) is 2. The molecule has 3 nitrogen and oxygen atoms in total. The van der Waals surface area contributed by atoms with Crippen LogP contribution in [0.3, 0.4) is 0 Å². The minimum atomic E-state index is -0.622. The summed E-state index contributed by atoms with van der Waals surface area (Å²) in [6.45, 7) is 17.4. The van der Waals surface area contributed by atoms with Crippen LogP contribution in [-0.2, 0) is 4.79 Å². The molecule has 5 saturated carbocycles. The monoisotopic (exact) mass is 472 g/mol. The summed E-state index contributed by atoms with van der Waals surface area (Å²) in [6.07, 6.45) is 12.8. The first-order valence-corrected chi connectivity index (χ1v) is 14.6. The van der Waals surface area contributed by atoms with Gasteiger partial charge in [0.2, 0.25) is 0 Å². The minimum absolute atomic E-state index is 0.0139. The lowest BCUT2D eigenvalue weighted by Gasteiger charge is -2.73. The fourth-order valence-electron chi connectivity index (χ4n) is 12.1. The Morgan fingerprint density at radius 1 is 0.824 bits per heavy atom. The highest BCUT2D eigenvalue weighted by molar-refractivity contribution is 5.67. The largest absolute Gasteiger partial charge is 0.481 e. The maximum absolute atomic E-state index is 11.6. The molecular weight excluding hydrogens is 420 g/mol. The molecule has 0 bridgehead atoms. The minimum Gasteiger partial charge on any atom is -0.481 e. The predicted molar refractivity (Wildman–Crippen MR) is 137 cm³/mol. The van der Waals surface area contributed by atoms with Crippen molar-refractivity contribution < 1.29 is 15.0 Å². The van der Waals surface area contributed by atoms with E-state index in [9.17, 15) is 15.0 Å². The lowest BCUT2D eigenvalue weighted by molar-refractivity contribution is -0.248. The first-order valence-electron chi connectivity index (χ1n) is 14.6. The zero-order valence-electron chi connectivity index (χ0n) is 23.1. The zero-order valence-corrected chi connectivity index (χ0v) is 23.1. The molecule has 5 aliphatic rings. The van der Waals surface area contributed by atoms with Crippen molar-refractivity contribution in [1.29, 1.82) is 0 Å². The Hall–Kier alpha value is -0.570. The van der Waals surface area contributed by atoms with E-state index >= 15 is 0 Å². The van der Waals surface area contributed by atoms with Crippen molar-refractivity contribution in [1.82, 2.24) is 0 Å². The molecule has 0 amide bonds. The lowest BCUT2D eigenvalue weighted by Crippen LogP contribution is -2.66. The van der Waals surface area contributed by atoms with Crippen LogP contribution in [0, 0.1) is 62.6 Å². The Bertz CT molecular complexity index is 835. The molecule has 0 unspecified atom stereocenters. The summed E-state index contributed by atoms with van der Waals surface area (Å²) >= 11 is 0. The molecule has 34 heavy (non-hydrogen) atoms. The fraction of sp³-hybridized carbons (Fsp3) is 0.968. The zero-order chi connectivity index (χ0) is 24.9. The number of aliphatic hydroxyl groups excluding tert-OH is 1. The van der Waals surface area contributed by atoms with Gasteiger partial charge in [-0.15, -0.1) is 0 Å². The van der Waals surface area contributed by atoms with Crippen molar-refractivity contribution in [2.24, 2.45) is 62.6 Å². The number of carboxylic acid groups (broad SMARTS) is 1. The van der Waals surface area contributed by atoms with Crippen LogP contribution in [0.1, 0.15) is 119 Å². The number of rotatable bonds is 3. The number of aliphatic carboxylic acids is 1. The van der Waals surface area contributed by atoms with E-state index in [1.165, 1.54) is 57.8 Å². The van der Waals surface area contributed by atoms with Crippen LogP contribution in [0.4, 0.5) is 0 Å².